The summed E-state index contributed by atoms with van der Waals surface area (Å²) in [5.74, 6) is 0.282. The number of amides is 1. The van der Waals surface area contributed by atoms with Crippen LogP contribution in [0, 0.1) is 0 Å². The number of rotatable bonds is 2. The second-order valence-electron chi connectivity index (χ2n) is 5.65. The normalized spacial score (nSPS) is 15.4. The Labute approximate surface area is 107 Å². The second-order valence-corrected chi connectivity index (χ2v) is 5.65. The molecule has 0 saturated carbocycles. The SMILES string of the molecule is CC(C)c1noc2c1C(=O)NB(OC(C)(C)C)N2. The average molecular weight is 251 g/mol. The third-order valence-corrected chi connectivity index (χ3v) is 2.49. The van der Waals surface area contributed by atoms with Crippen LogP contribution in [0.2, 0.25) is 0 Å². The summed E-state index contributed by atoms with van der Waals surface area (Å²) in [6.45, 7) is 9.66. The van der Waals surface area contributed by atoms with E-state index in [1.165, 1.54) is 0 Å². The monoisotopic (exact) mass is 251 g/mol. The van der Waals surface area contributed by atoms with Crippen LogP contribution in [0.5, 0.6) is 0 Å². The highest BCUT2D eigenvalue weighted by Gasteiger charge is 2.38. The van der Waals surface area contributed by atoms with E-state index in [4.69, 9.17) is 9.18 Å². The lowest BCUT2D eigenvalue weighted by Gasteiger charge is -2.27. The zero-order valence-electron chi connectivity index (χ0n) is 11.3. The third kappa shape index (κ3) is 2.50. The maximum absolute atomic E-state index is 12.0. The van der Waals surface area contributed by atoms with Crippen molar-refractivity contribution in [1.82, 2.24) is 10.4 Å². The minimum Gasteiger partial charge on any atom is -0.393 e. The molecule has 2 heterocycles. The molecule has 98 valence electrons. The summed E-state index contributed by atoms with van der Waals surface area (Å²) in [5.41, 5.74) is 0.756. The molecule has 0 saturated heterocycles. The van der Waals surface area contributed by atoms with E-state index in [2.05, 4.69) is 15.6 Å². The molecule has 0 aromatic carbocycles. The maximum Gasteiger partial charge on any atom is 0.548 e. The molecule has 18 heavy (non-hydrogen) atoms. The van der Waals surface area contributed by atoms with E-state index in [1.807, 2.05) is 34.6 Å². The third-order valence-electron chi connectivity index (χ3n) is 2.49. The van der Waals surface area contributed by atoms with Crippen molar-refractivity contribution in [3.8, 4) is 0 Å². The molecule has 0 bridgehead atoms. The van der Waals surface area contributed by atoms with Gasteiger partial charge in [0.2, 0.25) is 11.8 Å². The summed E-state index contributed by atoms with van der Waals surface area (Å²) in [7, 11) is -0.599. The van der Waals surface area contributed by atoms with Gasteiger partial charge in [0, 0.05) is 5.60 Å². The first-order valence-corrected chi connectivity index (χ1v) is 6.02. The van der Waals surface area contributed by atoms with E-state index in [9.17, 15) is 4.79 Å². The van der Waals surface area contributed by atoms with Crippen LogP contribution >= 0.6 is 0 Å². The largest absolute Gasteiger partial charge is 0.548 e. The van der Waals surface area contributed by atoms with Crippen LogP contribution in [0.15, 0.2) is 4.52 Å². The number of nitrogens with one attached hydrogen (secondary N) is 2. The molecule has 7 heteroatoms. The van der Waals surface area contributed by atoms with Crippen molar-refractivity contribution >= 4 is 19.0 Å². The Morgan fingerprint density at radius 3 is 2.56 bits per heavy atom. The summed E-state index contributed by atoms with van der Waals surface area (Å²) in [5, 5.41) is 9.64. The van der Waals surface area contributed by atoms with Crippen molar-refractivity contribution in [2.24, 2.45) is 0 Å². The number of carbonyl (C=O) groups excluding carboxylic acids is 1. The van der Waals surface area contributed by atoms with Crippen molar-refractivity contribution in [3.05, 3.63) is 11.3 Å². The number of hydrogen-bond donors (Lipinski definition) is 2. The van der Waals surface area contributed by atoms with Crippen LogP contribution in [-0.2, 0) is 4.65 Å². The van der Waals surface area contributed by atoms with Gasteiger partial charge in [0.15, 0.2) is 0 Å². The zero-order chi connectivity index (χ0) is 13.5. The van der Waals surface area contributed by atoms with Gasteiger partial charge >= 0.3 is 7.19 Å². The van der Waals surface area contributed by atoms with Crippen LogP contribution in [0.1, 0.15) is 56.6 Å². The highest BCUT2D eigenvalue weighted by atomic mass is 16.5. The fourth-order valence-electron chi connectivity index (χ4n) is 1.77. The highest BCUT2D eigenvalue weighted by Crippen LogP contribution is 2.28. The molecule has 0 atom stereocenters. The minimum absolute atomic E-state index is 0.130. The Morgan fingerprint density at radius 2 is 2.00 bits per heavy atom. The van der Waals surface area contributed by atoms with Crippen LogP contribution in [0.3, 0.4) is 0 Å². The van der Waals surface area contributed by atoms with Gasteiger partial charge in [-0.3, -0.25) is 4.79 Å². The lowest BCUT2D eigenvalue weighted by Crippen LogP contribution is -2.54. The van der Waals surface area contributed by atoms with Gasteiger partial charge in [-0.1, -0.05) is 19.0 Å². The van der Waals surface area contributed by atoms with Gasteiger partial charge in [-0.2, -0.15) is 0 Å². The molecule has 1 aliphatic heterocycles. The fraction of sp³-hybridized carbons (Fsp3) is 0.636. The molecular formula is C11H18BN3O3. The van der Waals surface area contributed by atoms with Crippen LogP contribution in [0.25, 0.3) is 0 Å². The summed E-state index contributed by atoms with van der Waals surface area (Å²) in [4.78, 5) is 12.0. The Balaban J connectivity index is 2.23. The molecule has 1 aromatic heterocycles. The molecule has 1 amide bonds. The standard InChI is InChI=1S/C11H18BN3O3/c1-6(2)8-7-9(16)13-12(18-11(3,4)5)14-10(7)17-15-8/h6,14H,1-5H3,(H,13,16). The van der Waals surface area contributed by atoms with E-state index in [-0.39, 0.29) is 17.4 Å². The lowest BCUT2D eigenvalue weighted by molar-refractivity contribution is 0.0932. The van der Waals surface area contributed by atoms with Gasteiger partial charge in [-0.15, -0.1) is 0 Å². The Bertz CT molecular complexity index is 465. The number of hydrogen-bond acceptors (Lipinski definition) is 5. The molecule has 2 rings (SSSR count). The van der Waals surface area contributed by atoms with Gasteiger partial charge < -0.3 is 19.6 Å². The van der Waals surface area contributed by atoms with Gasteiger partial charge in [-0.25, -0.2) is 0 Å². The van der Waals surface area contributed by atoms with Crippen LogP contribution in [-0.4, -0.2) is 23.9 Å². The van der Waals surface area contributed by atoms with E-state index in [0.29, 0.717) is 17.1 Å². The first-order chi connectivity index (χ1) is 8.28. The Hall–Kier alpha value is -1.50. The number of nitrogens with zero attached hydrogens (tertiary/aromatic N) is 1. The molecular weight excluding hydrogens is 233 g/mol. The Kier molecular flexibility index (Phi) is 3.10. The topological polar surface area (TPSA) is 76.4 Å². The van der Waals surface area contributed by atoms with Gasteiger partial charge in [-0.05, 0) is 26.7 Å². The summed E-state index contributed by atoms with van der Waals surface area (Å²) in [6.07, 6.45) is 0. The molecule has 1 aliphatic rings. The van der Waals surface area contributed by atoms with Gasteiger partial charge in [0.1, 0.15) is 11.3 Å². The predicted molar refractivity (Wildman–Crippen MR) is 68.3 cm³/mol. The molecule has 0 fully saturated rings. The van der Waals surface area contributed by atoms with E-state index >= 15 is 0 Å². The molecule has 0 unspecified atom stereocenters. The summed E-state index contributed by atoms with van der Waals surface area (Å²) < 4.78 is 10.8. The summed E-state index contributed by atoms with van der Waals surface area (Å²) in [6, 6.07) is 0. The van der Waals surface area contributed by atoms with Gasteiger partial charge in [0.05, 0.1) is 0 Å². The molecule has 0 aliphatic carbocycles. The molecule has 2 N–H and O–H groups in total. The molecule has 0 spiro atoms. The fourth-order valence-corrected chi connectivity index (χ4v) is 1.77. The van der Waals surface area contributed by atoms with Crippen molar-refractivity contribution in [3.63, 3.8) is 0 Å². The predicted octanol–water partition coefficient (Wildman–Crippen LogP) is 1.75. The van der Waals surface area contributed by atoms with Crippen molar-refractivity contribution in [1.29, 1.82) is 0 Å². The number of anilines is 1. The zero-order valence-corrected chi connectivity index (χ0v) is 11.3. The first kappa shape index (κ1) is 12.9. The second kappa shape index (κ2) is 4.31. The van der Waals surface area contributed by atoms with Crippen molar-refractivity contribution in [2.45, 2.75) is 46.1 Å². The van der Waals surface area contributed by atoms with E-state index in [1.54, 1.807) is 0 Å². The molecule has 1 aromatic rings. The Morgan fingerprint density at radius 1 is 1.33 bits per heavy atom. The van der Waals surface area contributed by atoms with Gasteiger partial charge in [0.25, 0.3) is 0 Å². The summed E-state index contributed by atoms with van der Waals surface area (Å²) >= 11 is 0. The van der Waals surface area contributed by atoms with Crippen molar-refractivity contribution < 1.29 is 14.0 Å². The van der Waals surface area contributed by atoms with Crippen molar-refractivity contribution in [2.75, 3.05) is 5.23 Å². The quantitative estimate of drug-likeness (QED) is 0.783. The lowest BCUT2D eigenvalue weighted by atomic mass is 9.92. The first-order valence-electron chi connectivity index (χ1n) is 6.02. The molecule has 6 nitrogen and oxygen atoms in total. The number of aromatic nitrogens is 1. The number of fused-ring (bicyclic) bond motifs is 1. The minimum atomic E-state index is -0.599. The average Bonchev–Trinajstić information content (AvgIpc) is 2.58. The van der Waals surface area contributed by atoms with Crippen LogP contribution < -0.4 is 10.5 Å². The highest BCUT2D eigenvalue weighted by molar-refractivity contribution is 6.58. The number of carbonyl (C=O) groups is 1. The smallest absolute Gasteiger partial charge is 0.393 e. The van der Waals surface area contributed by atoms with Crippen LogP contribution in [0.4, 0.5) is 5.88 Å². The molecule has 0 radical (unpaired) electrons. The maximum atomic E-state index is 12.0. The van der Waals surface area contributed by atoms with E-state index < -0.39 is 7.19 Å². The van der Waals surface area contributed by atoms with E-state index in [0.717, 1.165) is 0 Å².